The van der Waals surface area contributed by atoms with Gasteiger partial charge in [-0.3, -0.25) is 4.79 Å². The van der Waals surface area contributed by atoms with Crippen LogP contribution in [0.15, 0.2) is 30.3 Å². The molecule has 8 heteroatoms. The first-order chi connectivity index (χ1) is 17.7. The molecule has 1 heterocycles. The molecule has 0 fully saturated rings. The number of carbonyl (C=O) groups is 1. The summed E-state index contributed by atoms with van der Waals surface area (Å²) in [4.78, 5) is 15.6. The maximum Gasteiger partial charge on any atom is 0.278 e. The molecule has 2 N–H and O–H groups in total. The third-order valence-electron chi connectivity index (χ3n) is 6.41. The van der Waals surface area contributed by atoms with Crippen LogP contribution in [-0.4, -0.2) is 55.9 Å². The zero-order chi connectivity index (χ0) is 27.0. The largest absolute Gasteiger partial charge is 1.00 e. The fraction of sp³-hybridized carbons (Fsp3) is 0.567. The first kappa shape index (κ1) is 31.8. The average molecular weight is 594 g/mol. The maximum absolute atomic E-state index is 13.5. The van der Waals surface area contributed by atoms with E-state index in [-0.39, 0.29) is 34.5 Å². The average Bonchev–Trinajstić information content (AvgIpc) is 2.85. The number of fused-ring (bicyclic) bond motifs is 1. The van der Waals surface area contributed by atoms with E-state index in [4.69, 9.17) is 18.9 Å². The number of nitrogens with two attached hydrogens (primary N) is 1. The molecule has 1 aliphatic rings. The molecule has 0 bridgehead atoms. The van der Waals surface area contributed by atoms with Gasteiger partial charge in [0.2, 0.25) is 0 Å². The van der Waals surface area contributed by atoms with Gasteiger partial charge >= 0.3 is 0 Å². The van der Waals surface area contributed by atoms with Crippen LogP contribution < -0.4 is 41.2 Å². The number of amides is 1. The van der Waals surface area contributed by atoms with E-state index in [0.717, 1.165) is 40.5 Å². The van der Waals surface area contributed by atoms with Crippen LogP contribution in [0, 0.1) is 0 Å². The Morgan fingerprint density at radius 2 is 1.42 bits per heavy atom. The lowest BCUT2D eigenvalue weighted by Crippen LogP contribution is -3.00. The van der Waals surface area contributed by atoms with Gasteiger partial charge in [0.25, 0.3) is 5.91 Å². The van der Waals surface area contributed by atoms with Crippen molar-refractivity contribution in [1.82, 2.24) is 4.90 Å². The van der Waals surface area contributed by atoms with E-state index in [1.54, 1.807) is 0 Å². The van der Waals surface area contributed by atoms with E-state index in [9.17, 15) is 4.79 Å². The fourth-order valence-corrected chi connectivity index (χ4v) is 4.72. The number of benzene rings is 2. The molecule has 38 heavy (non-hydrogen) atoms. The smallest absolute Gasteiger partial charge is 0.278 e. The van der Waals surface area contributed by atoms with Gasteiger partial charge in [-0.05, 0) is 102 Å². The molecule has 0 radical (unpaired) electrons. The highest BCUT2D eigenvalue weighted by Gasteiger charge is 2.34. The van der Waals surface area contributed by atoms with Crippen molar-refractivity contribution in [3.05, 3.63) is 47.0 Å². The van der Waals surface area contributed by atoms with Crippen LogP contribution in [0.5, 0.6) is 23.0 Å². The Morgan fingerprint density at radius 1 is 0.868 bits per heavy atom. The SMILES string of the molecule is CCOc1ccc(CC2c3cc(OCC)c(OCC)cc3CCN2C(=O)C[NH2+]C(C)(C)C)cc1OCC.[Br-]. The number of ether oxygens (including phenoxy) is 4. The van der Waals surface area contributed by atoms with Gasteiger partial charge in [-0.2, -0.15) is 0 Å². The molecule has 7 nitrogen and oxygen atoms in total. The Bertz CT molecular complexity index is 1050. The lowest BCUT2D eigenvalue weighted by molar-refractivity contribution is -0.707. The molecule has 1 atom stereocenters. The number of carbonyl (C=O) groups excluding carboxylic acids is 1. The highest BCUT2D eigenvalue weighted by atomic mass is 79.9. The number of quaternary nitrogens is 1. The van der Waals surface area contributed by atoms with Crippen LogP contribution >= 0.6 is 0 Å². The van der Waals surface area contributed by atoms with E-state index in [2.05, 4.69) is 44.3 Å². The topological polar surface area (TPSA) is 73.8 Å². The Hall–Kier alpha value is -2.45. The van der Waals surface area contributed by atoms with Crippen molar-refractivity contribution in [1.29, 1.82) is 0 Å². The van der Waals surface area contributed by atoms with Crippen molar-refractivity contribution < 1.29 is 46.0 Å². The second-order valence-corrected chi connectivity index (χ2v) is 10.3. The molecule has 0 aromatic heterocycles. The normalized spacial score (nSPS) is 14.8. The minimum Gasteiger partial charge on any atom is -1.00 e. The molecule has 0 saturated carbocycles. The minimum absolute atomic E-state index is 0. The van der Waals surface area contributed by atoms with E-state index >= 15 is 0 Å². The van der Waals surface area contributed by atoms with Crippen LogP contribution in [0.2, 0.25) is 0 Å². The summed E-state index contributed by atoms with van der Waals surface area (Å²) in [6.45, 7) is 17.6. The Kier molecular flexibility index (Phi) is 12.2. The summed E-state index contributed by atoms with van der Waals surface area (Å²) < 4.78 is 23.5. The first-order valence-electron chi connectivity index (χ1n) is 13.6. The minimum atomic E-state index is -0.119. The van der Waals surface area contributed by atoms with Crippen LogP contribution in [0.4, 0.5) is 0 Å². The summed E-state index contributed by atoms with van der Waals surface area (Å²) in [5.41, 5.74) is 3.40. The van der Waals surface area contributed by atoms with Crippen molar-refractivity contribution in [2.75, 3.05) is 39.5 Å². The fourth-order valence-electron chi connectivity index (χ4n) is 4.72. The van der Waals surface area contributed by atoms with Crippen molar-refractivity contribution in [3.8, 4) is 23.0 Å². The summed E-state index contributed by atoms with van der Waals surface area (Å²) in [6.07, 6.45) is 1.45. The van der Waals surface area contributed by atoms with Gasteiger partial charge in [-0.25, -0.2) is 0 Å². The quantitative estimate of drug-likeness (QED) is 0.402. The van der Waals surface area contributed by atoms with Gasteiger partial charge in [0.1, 0.15) is 0 Å². The molecule has 0 saturated heterocycles. The Labute approximate surface area is 238 Å². The summed E-state index contributed by atoms with van der Waals surface area (Å²) in [7, 11) is 0. The zero-order valence-electron chi connectivity index (χ0n) is 24.1. The van der Waals surface area contributed by atoms with E-state index in [1.807, 2.05) is 44.7 Å². The van der Waals surface area contributed by atoms with Crippen LogP contribution in [0.3, 0.4) is 0 Å². The maximum atomic E-state index is 13.5. The molecule has 212 valence electrons. The predicted octanol–water partition coefficient (Wildman–Crippen LogP) is 1.32. The Morgan fingerprint density at radius 3 is 2.00 bits per heavy atom. The molecule has 1 aliphatic heterocycles. The number of rotatable bonds is 12. The van der Waals surface area contributed by atoms with Gasteiger partial charge in [0.15, 0.2) is 29.5 Å². The second-order valence-electron chi connectivity index (χ2n) is 10.3. The molecule has 1 amide bonds. The number of hydrogen-bond donors (Lipinski definition) is 1. The molecule has 0 spiro atoms. The summed E-state index contributed by atoms with van der Waals surface area (Å²) in [6, 6.07) is 10.2. The molecule has 2 aromatic rings. The van der Waals surface area contributed by atoms with Gasteiger partial charge in [0.05, 0.1) is 38.0 Å². The molecular weight excluding hydrogens is 548 g/mol. The van der Waals surface area contributed by atoms with Crippen LogP contribution in [0.1, 0.15) is 71.2 Å². The van der Waals surface area contributed by atoms with Crippen LogP contribution in [0.25, 0.3) is 0 Å². The second kappa shape index (κ2) is 14.6. The molecule has 2 aromatic carbocycles. The van der Waals surface area contributed by atoms with E-state index < -0.39 is 0 Å². The molecule has 0 aliphatic carbocycles. The third-order valence-corrected chi connectivity index (χ3v) is 6.41. The van der Waals surface area contributed by atoms with Crippen molar-refractivity contribution in [3.63, 3.8) is 0 Å². The van der Waals surface area contributed by atoms with Crippen molar-refractivity contribution >= 4 is 5.91 Å². The summed E-state index contributed by atoms with van der Waals surface area (Å²) >= 11 is 0. The Balaban J connectivity index is 0.00000507. The third kappa shape index (κ3) is 8.27. The lowest BCUT2D eigenvalue weighted by atomic mass is 9.88. The highest BCUT2D eigenvalue weighted by molar-refractivity contribution is 5.78. The summed E-state index contributed by atoms with van der Waals surface area (Å²) in [5, 5.41) is 2.11. The number of nitrogens with zero attached hydrogens (tertiary/aromatic N) is 1. The summed E-state index contributed by atoms with van der Waals surface area (Å²) in [5.74, 6) is 3.12. The van der Waals surface area contributed by atoms with Gasteiger partial charge < -0.3 is 46.1 Å². The van der Waals surface area contributed by atoms with Gasteiger partial charge in [0, 0.05) is 6.54 Å². The van der Waals surface area contributed by atoms with Crippen LogP contribution in [-0.2, 0) is 17.6 Å². The van der Waals surface area contributed by atoms with Crippen molar-refractivity contribution in [2.24, 2.45) is 0 Å². The molecular formula is C30H45BrN2O5. The number of halogens is 1. The number of hydrogen-bond acceptors (Lipinski definition) is 5. The lowest BCUT2D eigenvalue weighted by Gasteiger charge is -2.38. The van der Waals surface area contributed by atoms with Crippen molar-refractivity contribution in [2.45, 2.75) is 72.9 Å². The standard InChI is InChI=1S/C30H44N2O5.BrH/c1-8-34-25-13-12-21(17-26(25)35-9-2)16-24-23-19-28(37-11-4)27(36-10-3)18-22(23)14-15-32(24)29(33)20-31-30(5,6)7;/h12-13,17-19,24,31H,8-11,14-16,20H2,1-7H3;1H. The zero-order valence-corrected chi connectivity index (χ0v) is 25.7. The predicted molar refractivity (Wildman–Crippen MR) is 146 cm³/mol. The molecule has 1 unspecified atom stereocenters. The first-order valence-corrected chi connectivity index (χ1v) is 13.6. The monoisotopic (exact) mass is 592 g/mol. The van der Waals surface area contributed by atoms with E-state index in [0.29, 0.717) is 45.9 Å². The molecule has 3 rings (SSSR count). The van der Waals surface area contributed by atoms with Gasteiger partial charge in [-0.1, -0.05) is 6.07 Å². The highest BCUT2D eigenvalue weighted by Crippen LogP contribution is 2.40. The van der Waals surface area contributed by atoms with Gasteiger partial charge in [-0.15, -0.1) is 0 Å². The van der Waals surface area contributed by atoms with E-state index in [1.165, 1.54) is 5.56 Å².